The molecule has 0 atom stereocenters. The molecule has 7 rings (SSSR count). The number of imide groups is 1. The molecular weight excluding hydrogens is 530 g/mol. The van der Waals surface area contributed by atoms with E-state index < -0.39 is 10.8 Å². The summed E-state index contributed by atoms with van der Waals surface area (Å²) in [7, 11) is 0. The average Bonchev–Trinajstić information content (AvgIpc) is 3.58. The standard InChI is InChI=1S/C30H28ClN5O2S/c31-20-12-19-3-11-35(18-29(17-32)6-9-33-10-7-29)26(19)23(13-20)22-2-8-34-24-14-21(39-27(22)24)16-36-25(37)15-30(28(36)38)4-1-5-30/h2-3,8,11-14,33H,1,4-7,9-10,15-16,18H2. The van der Waals surface area contributed by atoms with Gasteiger partial charge in [-0.25, -0.2) is 0 Å². The maximum Gasteiger partial charge on any atom is 0.236 e. The molecule has 0 radical (unpaired) electrons. The van der Waals surface area contributed by atoms with E-state index in [0.717, 1.165) is 82.3 Å². The Hall–Kier alpha value is -3.25. The van der Waals surface area contributed by atoms with Crippen LogP contribution < -0.4 is 5.32 Å². The van der Waals surface area contributed by atoms with Gasteiger partial charge in [-0.05, 0) is 69.1 Å². The highest BCUT2D eigenvalue weighted by Gasteiger charge is 2.54. The van der Waals surface area contributed by atoms with E-state index in [4.69, 9.17) is 11.6 Å². The monoisotopic (exact) mass is 557 g/mol. The minimum atomic E-state index is -0.440. The predicted octanol–water partition coefficient (Wildman–Crippen LogP) is 5.89. The fraction of sp³-hybridized carbons (Fsp3) is 0.400. The number of aromatic nitrogens is 2. The van der Waals surface area contributed by atoms with Crippen LogP contribution in [0.1, 0.15) is 43.4 Å². The van der Waals surface area contributed by atoms with Crippen molar-refractivity contribution < 1.29 is 9.59 Å². The lowest BCUT2D eigenvalue weighted by Crippen LogP contribution is -2.39. The minimum Gasteiger partial charge on any atom is -0.345 e. The van der Waals surface area contributed by atoms with Crippen LogP contribution >= 0.6 is 22.9 Å². The molecule has 39 heavy (non-hydrogen) atoms. The zero-order chi connectivity index (χ0) is 26.8. The number of nitrogens with zero attached hydrogens (tertiary/aromatic N) is 4. The van der Waals surface area contributed by atoms with E-state index in [0.29, 0.717) is 24.5 Å². The maximum absolute atomic E-state index is 13.1. The highest BCUT2D eigenvalue weighted by atomic mass is 35.5. The van der Waals surface area contributed by atoms with E-state index in [9.17, 15) is 14.9 Å². The van der Waals surface area contributed by atoms with Gasteiger partial charge in [0, 0.05) is 51.8 Å². The molecule has 3 aliphatic rings. The number of halogens is 1. The molecule has 1 aliphatic carbocycles. The molecule has 1 aromatic carbocycles. The number of nitrogens with one attached hydrogen (secondary N) is 1. The lowest BCUT2D eigenvalue weighted by molar-refractivity contribution is -0.144. The molecule has 2 amide bonds. The summed E-state index contributed by atoms with van der Waals surface area (Å²) in [5.74, 6) is -0.0767. The molecule has 1 spiro atoms. The number of fused-ring (bicyclic) bond motifs is 2. The van der Waals surface area contributed by atoms with Gasteiger partial charge in [-0.3, -0.25) is 19.5 Å². The number of nitriles is 1. The first kappa shape index (κ1) is 24.8. The summed E-state index contributed by atoms with van der Waals surface area (Å²) in [6.45, 7) is 2.60. The summed E-state index contributed by atoms with van der Waals surface area (Å²) in [4.78, 5) is 32.9. The number of thiophene rings is 1. The Morgan fingerprint density at radius 2 is 1.92 bits per heavy atom. The lowest BCUT2D eigenvalue weighted by atomic mass is 9.68. The van der Waals surface area contributed by atoms with Gasteiger partial charge in [0.05, 0.1) is 39.2 Å². The Morgan fingerprint density at radius 1 is 1.10 bits per heavy atom. The number of hydrogen-bond acceptors (Lipinski definition) is 6. The second kappa shape index (κ2) is 9.16. The van der Waals surface area contributed by atoms with Crippen LogP contribution in [0.15, 0.2) is 42.7 Å². The molecule has 7 nitrogen and oxygen atoms in total. The highest BCUT2D eigenvalue weighted by Crippen LogP contribution is 2.50. The maximum atomic E-state index is 13.1. The summed E-state index contributed by atoms with van der Waals surface area (Å²) in [6, 6.07) is 12.7. The van der Waals surface area contributed by atoms with Gasteiger partial charge in [-0.2, -0.15) is 5.26 Å². The second-order valence-electron chi connectivity index (χ2n) is 11.4. The normalized spacial score (nSPS) is 20.2. The van der Waals surface area contributed by atoms with Gasteiger partial charge in [-0.1, -0.05) is 18.0 Å². The molecule has 3 fully saturated rings. The number of amides is 2. The van der Waals surface area contributed by atoms with Crippen LogP contribution in [0.25, 0.3) is 32.2 Å². The Bertz CT molecular complexity index is 1690. The summed E-state index contributed by atoms with van der Waals surface area (Å²) in [5.41, 5.74) is 3.03. The number of likely N-dealkylation sites (tertiary alicyclic amines) is 1. The van der Waals surface area contributed by atoms with Gasteiger partial charge < -0.3 is 9.88 Å². The molecule has 0 unspecified atom stereocenters. The van der Waals surface area contributed by atoms with Crippen LogP contribution in [0.3, 0.4) is 0 Å². The molecule has 4 aromatic rings. The number of piperidine rings is 1. The SMILES string of the molecule is N#CC1(Cn2ccc3cc(Cl)cc(-c4ccnc5cc(CN6C(=O)CC7(CCC7)C6=O)sc45)c32)CCNCC1. The first-order valence-corrected chi connectivity index (χ1v) is 14.7. The highest BCUT2D eigenvalue weighted by molar-refractivity contribution is 7.19. The van der Waals surface area contributed by atoms with E-state index in [-0.39, 0.29) is 11.8 Å². The Kier molecular flexibility index (Phi) is 5.81. The van der Waals surface area contributed by atoms with Gasteiger partial charge in [0.1, 0.15) is 0 Å². The third kappa shape index (κ3) is 3.98. The van der Waals surface area contributed by atoms with Crippen LogP contribution in [0.4, 0.5) is 0 Å². The van der Waals surface area contributed by atoms with Crippen molar-refractivity contribution in [2.45, 2.75) is 51.6 Å². The number of benzene rings is 1. The summed E-state index contributed by atoms with van der Waals surface area (Å²) in [5, 5.41) is 15.2. The van der Waals surface area contributed by atoms with E-state index in [1.54, 1.807) is 17.5 Å². The van der Waals surface area contributed by atoms with Crippen molar-refractivity contribution >= 4 is 55.9 Å². The Morgan fingerprint density at radius 3 is 2.64 bits per heavy atom. The molecule has 198 valence electrons. The third-order valence-corrected chi connectivity index (χ3v) is 10.3. The first-order chi connectivity index (χ1) is 18.9. The summed E-state index contributed by atoms with van der Waals surface area (Å²) < 4.78 is 3.20. The number of carbonyl (C=O) groups excluding carboxylic acids is 2. The fourth-order valence-corrected chi connectivity index (χ4v) is 7.99. The van der Waals surface area contributed by atoms with Crippen molar-refractivity contribution in [3.63, 3.8) is 0 Å². The van der Waals surface area contributed by atoms with Crippen molar-refractivity contribution in [2.24, 2.45) is 10.8 Å². The van der Waals surface area contributed by atoms with Crippen molar-refractivity contribution in [1.29, 1.82) is 5.26 Å². The second-order valence-corrected chi connectivity index (χ2v) is 12.9. The Labute approximate surface area is 235 Å². The quantitative estimate of drug-likeness (QED) is 0.309. The molecule has 0 bridgehead atoms. The van der Waals surface area contributed by atoms with E-state index in [1.807, 2.05) is 24.3 Å². The molecule has 9 heteroatoms. The van der Waals surface area contributed by atoms with Gasteiger partial charge >= 0.3 is 0 Å². The summed E-state index contributed by atoms with van der Waals surface area (Å²) >= 11 is 8.19. The molecule has 1 N–H and O–H groups in total. The topological polar surface area (TPSA) is 91.0 Å². The summed E-state index contributed by atoms with van der Waals surface area (Å²) in [6.07, 6.45) is 8.49. The minimum absolute atomic E-state index is 0.0110. The van der Waals surface area contributed by atoms with Crippen molar-refractivity contribution in [3.8, 4) is 17.2 Å². The molecular formula is C30H28ClN5O2S. The van der Waals surface area contributed by atoms with Crippen LogP contribution in [0, 0.1) is 22.2 Å². The molecule has 2 aliphatic heterocycles. The van der Waals surface area contributed by atoms with Crippen molar-refractivity contribution in [1.82, 2.24) is 19.8 Å². The molecule has 2 saturated heterocycles. The largest absolute Gasteiger partial charge is 0.345 e. The zero-order valence-electron chi connectivity index (χ0n) is 21.5. The van der Waals surface area contributed by atoms with Crippen LogP contribution in [-0.2, 0) is 22.7 Å². The smallest absolute Gasteiger partial charge is 0.236 e. The number of rotatable bonds is 5. The van der Waals surface area contributed by atoms with Gasteiger partial charge in [0.25, 0.3) is 0 Å². The van der Waals surface area contributed by atoms with Crippen molar-refractivity contribution in [2.75, 3.05) is 13.1 Å². The van der Waals surface area contributed by atoms with E-state index >= 15 is 0 Å². The van der Waals surface area contributed by atoms with Crippen LogP contribution in [0.5, 0.6) is 0 Å². The van der Waals surface area contributed by atoms with E-state index in [1.165, 1.54) is 4.90 Å². The lowest BCUT2D eigenvalue weighted by Gasteiger charge is -2.35. The number of pyridine rings is 1. The molecule has 1 saturated carbocycles. The van der Waals surface area contributed by atoms with Gasteiger partial charge in [0.15, 0.2) is 0 Å². The number of hydrogen-bond donors (Lipinski definition) is 1. The fourth-order valence-electron chi connectivity index (χ4n) is 6.63. The van der Waals surface area contributed by atoms with Crippen LogP contribution in [0.2, 0.25) is 5.02 Å². The predicted molar refractivity (Wildman–Crippen MR) is 152 cm³/mol. The molecule has 3 aromatic heterocycles. The average molecular weight is 558 g/mol. The first-order valence-electron chi connectivity index (χ1n) is 13.5. The van der Waals surface area contributed by atoms with Gasteiger partial charge in [-0.15, -0.1) is 11.3 Å². The zero-order valence-corrected chi connectivity index (χ0v) is 23.1. The van der Waals surface area contributed by atoms with E-state index in [2.05, 4.69) is 33.2 Å². The van der Waals surface area contributed by atoms with Crippen LogP contribution in [-0.4, -0.2) is 39.4 Å². The van der Waals surface area contributed by atoms with Crippen molar-refractivity contribution in [3.05, 3.63) is 52.6 Å². The Balaban J connectivity index is 1.29. The third-order valence-electron chi connectivity index (χ3n) is 8.96. The molecule has 5 heterocycles. The van der Waals surface area contributed by atoms with Gasteiger partial charge in [0.2, 0.25) is 11.8 Å². The number of carbonyl (C=O) groups is 2.